The van der Waals surface area contributed by atoms with Crippen molar-refractivity contribution in [3.63, 3.8) is 0 Å². The third kappa shape index (κ3) is 5.87. The Morgan fingerprint density at radius 3 is 1.22 bits per heavy atom. The number of hydrogen-bond donors (Lipinski definition) is 0. The van der Waals surface area contributed by atoms with Crippen molar-refractivity contribution in [2.24, 2.45) is 0 Å². The standard InChI is InChI=1S/C57H36N2O/c1-3-9-44-33-46(23-21-37(44)7-1)39-13-17-41(18-14-39)48-27-31-54-51(35-48)52-36-49(42-19-15-40(16-20-42)47-24-22-38-8-2-4-10-45(38)34-47)28-32-55(52)59(54)50-29-25-43(26-30-50)57-58-53-11-5-6-12-56(53)60-57/h1-36H. The lowest BCUT2D eigenvalue weighted by atomic mass is 9.96. The molecule has 0 spiro atoms. The van der Waals surface area contributed by atoms with Crippen LogP contribution in [0.5, 0.6) is 0 Å². The van der Waals surface area contributed by atoms with Crippen molar-refractivity contribution in [1.29, 1.82) is 0 Å². The van der Waals surface area contributed by atoms with Crippen molar-refractivity contribution < 1.29 is 4.42 Å². The Balaban J connectivity index is 0.947. The van der Waals surface area contributed by atoms with E-state index < -0.39 is 0 Å². The molecule has 0 bridgehead atoms. The summed E-state index contributed by atoms with van der Waals surface area (Å²) in [5.41, 5.74) is 15.6. The van der Waals surface area contributed by atoms with E-state index >= 15 is 0 Å². The van der Waals surface area contributed by atoms with Gasteiger partial charge in [0, 0.05) is 22.0 Å². The molecule has 0 saturated carbocycles. The second-order valence-electron chi connectivity index (χ2n) is 15.6. The normalized spacial score (nSPS) is 11.7. The van der Waals surface area contributed by atoms with Crippen LogP contribution in [0.4, 0.5) is 0 Å². The maximum Gasteiger partial charge on any atom is 0.227 e. The van der Waals surface area contributed by atoms with E-state index in [1.54, 1.807) is 0 Å². The summed E-state index contributed by atoms with van der Waals surface area (Å²) in [6.07, 6.45) is 0. The van der Waals surface area contributed by atoms with Crippen molar-refractivity contribution >= 4 is 54.5 Å². The van der Waals surface area contributed by atoms with Gasteiger partial charge in [0.2, 0.25) is 5.89 Å². The van der Waals surface area contributed by atoms with E-state index in [4.69, 9.17) is 9.40 Å². The van der Waals surface area contributed by atoms with Gasteiger partial charge in [-0.25, -0.2) is 4.98 Å². The summed E-state index contributed by atoms with van der Waals surface area (Å²) >= 11 is 0. The summed E-state index contributed by atoms with van der Waals surface area (Å²) in [6, 6.07) is 78.6. The third-order valence-electron chi connectivity index (χ3n) is 12.0. The molecule has 12 rings (SSSR count). The molecule has 0 aliphatic rings. The molecule has 0 N–H and O–H groups in total. The zero-order chi connectivity index (χ0) is 39.6. The second kappa shape index (κ2) is 13.8. The van der Waals surface area contributed by atoms with Gasteiger partial charge in [-0.3, -0.25) is 0 Å². The molecule has 0 fully saturated rings. The van der Waals surface area contributed by atoms with Crippen molar-refractivity contribution in [3.8, 4) is 61.6 Å². The Morgan fingerprint density at radius 1 is 0.317 bits per heavy atom. The second-order valence-corrected chi connectivity index (χ2v) is 15.6. The molecule has 60 heavy (non-hydrogen) atoms. The minimum atomic E-state index is 0.623. The first-order valence-corrected chi connectivity index (χ1v) is 20.4. The van der Waals surface area contributed by atoms with Gasteiger partial charge in [0.05, 0.1) is 11.0 Å². The predicted molar refractivity (Wildman–Crippen MR) is 251 cm³/mol. The number of para-hydroxylation sites is 2. The Kier molecular flexibility index (Phi) is 7.85. The van der Waals surface area contributed by atoms with E-state index in [0.717, 1.165) is 33.4 Å². The highest BCUT2D eigenvalue weighted by Crippen LogP contribution is 2.39. The molecule has 0 atom stereocenters. The first-order chi connectivity index (χ1) is 29.7. The van der Waals surface area contributed by atoms with Gasteiger partial charge in [0.25, 0.3) is 0 Å². The average molecular weight is 765 g/mol. The molecule has 0 aliphatic heterocycles. The fraction of sp³-hybridized carbons (Fsp3) is 0. The lowest BCUT2D eigenvalue weighted by molar-refractivity contribution is 0.620. The van der Waals surface area contributed by atoms with Gasteiger partial charge >= 0.3 is 0 Å². The van der Waals surface area contributed by atoms with E-state index in [-0.39, 0.29) is 0 Å². The number of oxazole rings is 1. The maximum atomic E-state index is 6.12. The van der Waals surface area contributed by atoms with Gasteiger partial charge in [0.1, 0.15) is 5.52 Å². The predicted octanol–water partition coefficient (Wildman–Crippen LogP) is 15.6. The number of aromatic nitrogens is 2. The highest BCUT2D eigenvalue weighted by atomic mass is 16.3. The molecule has 10 aromatic carbocycles. The zero-order valence-electron chi connectivity index (χ0n) is 32.6. The summed E-state index contributed by atoms with van der Waals surface area (Å²) in [5, 5.41) is 7.43. The molecule has 3 heteroatoms. The number of benzene rings is 10. The van der Waals surface area contributed by atoms with Crippen LogP contribution < -0.4 is 0 Å². The molecule has 2 aromatic heterocycles. The number of rotatable bonds is 6. The third-order valence-corrected chi connectivity index (χ3v) is 12.0. The summed E-state index contributed by atoms with van der Waals surface area (Å²) in [4.78, 5) is 4.75. The van der Waals surface area contributed by atoms with E-state index in [1.807, 2.05) is 24.3 Å². The van der Waals surface area contributed by atoms with Crippen molar-refractivity contribution in [1.82, 2.24) is 9.55 Å². The first kappa shape index (κ1) is 34.1. The average Bonchev–Trinajstić information content (AvgIpc) is 3.90. The van der Waals surface area contributed by atoms with Crippen molar-refractivity contribution in [3.05, 3.63) is 218 Å². The topological polar surface area (TPSA) is 31.0 Å². The first-order valence-electron chi connectivity index (χ1n) is 20.4. The van der Waals surface area contributed by atoms with Gasteiger partial charge in [-0.15, -0.1) is 0 Å². The molecule has 2 heterocycles. The molecular formula is C57H36N2O. The van der Waals surface area contributed by atoms with Crippen LogP contribution in [0.15, 0.2) is 223 Å². The van der Waals surface area contributed by atoms with Crippen molar-refractivity contribution in [2.75, 3.05) is 0 Å². The Morgan fingerprint density at radius 2 is 0.717 bits per heavy atom. The minimum absolute atomic E-state index is 0.623. The summed E-state index contributed by atoms with van der Waals surface area (Å²) in [5.74, 6) is 0.623. The van der Waals surface area contributed by atoms with Gasteiger partial charge < -0.3 is 8.98 Å². The lowest BCUT2D eigenvalue weighted by Crippen LogP contribution is -1.94. The summed E-state index contributed by atoms with van der Waals surface area (Å²) < 4.78 is 8.49. The maximum absolute atomic E-state index is 6.12. The molecule has 0 aliphatic carbocycles. The van der Waals surface area contributed by atoms with Crippen LogP contribution in [-0.2, 0) is 0 Å². The van der Waals surface area contributed by atoms with Crippen LogP contribution in [0.2, 0.25) is 0 Å². The zero-order valence-corrected chi connectivity index (χ0v) is 32.6. The van der Waals surface area contributed by atoms with Gasteiger partial charge in [-0.2, -0.15) is 0 Å². The summed E-state index contributed by atoms with van der Waals surface area (Å²) in [7, 11) is 0. The molecule has 0 amide bonds. The molecule has 280 valence electrons. The van der Waals surface area contributed by atoms with Crippen LogP contribution in [0.1, 0.15) is 0 Å². The molecule has 0 radical (unpaired) electrons. The van der Waals surface area contributed by atoms with Gasteiger partial charge in [-0.1, -0.05) is 146 Å². The molecule has 12 aromatic rings. The largest absolute Gasteiger partial charge is 0.436 e. The summed E-state index contributed by atoms with van der Waals surface area (Å²) in [6.45, 7) is 0. The van der Waals surface area contributed by atoms with E-state index in [0.29, 0.717) is 5.89 Å². The highest BCUT2D eigenvalue weighted by molar-refractivity contribution is 6.11. The monoisotopic (exact) mass is 764 g/mol. The van der Waals surface area contributed by atoms with Crippen LogP contribution in [0.25, 0.3) is 116 Å². The van der Waals surface area contributed by atoms with E-state index in [2.05, 4.69) is 199 Å². The quantitative estimate of drug-likeness (QED) is 0.169. The van der Waals surface area contributed by atoms with Crippen LogP contribution in [0, 0.1) is 0 Å². The Hall–Kier alpha value is -8.01. The number of nitrogens with zero attached hydrogens (tertiary/aromatic N) is 2. The lowest BCUT2D eigenvalue weighted by Gasteiger charge is -2.10. The number of hydrogen-bond acceptors (Lipinski definition) is 2. The van der Waals surface area contributed by atoms with Crippen LogP contribution in [-0.4, -0.2) is 9.55 Å². The number of fused-ring (bicyclic) bond motifs is 6. The van der Waals surface area contributed by atoms with Crippen LogP contribution >= 0.6 is 0 Å². The fourth-order valence-electron chi connectivity index (χ4n) is 8.86. The molecule has 0 saturated heterocycles. The minimum Gasteiger partial charge on any atom is -0.436 e. The molecule has 3 nitrogen and oxygen atoms in total. The van der Waals surface area contributed by atoms with Crippen LogP contribution in [0.3, 0.4) is 0 Å². The Bertz CT molecular complexity index is 3360. The Labute approximate surface area is 347 Å². The smallest absolute Gasteiger partial charge is 0.227 e. The van der Waals surface area contributed by atoms with E-state index in [9.17, 15) is 0 Å². The fourth-order valence-corrected chi connectivity index (χ4v) is 8.86. The molecule has 0 unspecified atom stereocenters. The van der Waals surface area contributed by atoms with Gasteiger partial charge in [-0.05, 0) is 139 Å². The van der Waals surface area contributed by atoms with E-state index in [1.165, 1.54) is 76.8 Å². The van der Waals surface area contributed by atoms with Crippen molar-refractivity contribution in [2.45, 2.75) is 0 Å². The highest BCUT2D eigenvalue weighted by Gasteiger charge is 2.16. The molecular weight excluding hydrogens is 729 g/mol. The SMILES string of the molecule is c1ccc2cc(-c3ccc(-c4ccc5c(c4)c4cc(-c6ccc(-c7ccc8ccccc8c7)cc6)ccc4n5-c4ccc(-c5nc6ccccc6o5)cc4)cc3)ccc2c1. The van der Waals surface area contributed by atoms with Gasteiger partial charge in [0.15, 0.2) is 5.58 Å².